The highest BCUT2D eigenvalue weighted by atomic mass is 19.1. The van der Waals surface area contributed by atoms with Gasteiger partial charge in [-0.25, -0.2) is 9.82 Å². The van der Waals surface area contributed by atoms with Gasteiger partial charge in [0.2, 0.25) is 11.8 Å². The average molecular weight is 341 g/mol. The molecule has 2 amide bonds. The van der Waals surface area contributed by atoms with Gasteiger partial charge in [-0.2, -0.15) is 5.10 Å². The highest BCUT2D eigenvalue weighted by Crippen LogP contribution is 2.13. The number of aryl methyl sites for hydroxylation is 1. The minimum atomic E-state index is -0.360. The molecule has 2 aromatic carbocycles. The summed E-state index contributed by atoms with van der Waals surface area (Å²) in [5, 5.41) is 6.73. The molecule has 0 bridgehead atoms. The fraction of sp³-hybridized carbons (Fsp3) is 0.211. The Morgan fingerprint density at radius 1 is 1.00 bits per heavy atom. The first-order valence-corrected chi connectivity index (χ1v) is 7.90. The van der Waals surface area contributed by atoms with Crippen molar-refractivity contribution in [2.75, 3.05) is 5.32 Å². The molecule has 5 nitrogen and oxygen atoms in total. The Labute approximate surface area is 145 Å². The Kier molecular flexibility index (Phi) is 6.39. The molecule has 130 valence electrons. The second-order valence-electron chi connectivity index (χ2n) is 5.60. The summed E-state index contributed by atoms with van der Waals surface area (Å²) < 4.78 is 12.9. The first-order valence-electron chi connectivity index (χ1n) is 7.90. The van der Waals surface area contributed by atoms with Gasteiger partial charge in [0.1, 0.15) is 5.82 Å². The average Bonchev–Trinajstić information content (AvgIpc) is 2.60. The number of carbonyl (C=O) groups is 2. The zero-order valence-corrected chi connectivity index (χ0v) is 14.2. The second kappa shape index (κ2) is 8.73. The van der Waals surface area contributed by atoms with Crippen molar-refractivity contribution in [2.24, 2.45) is 5.10 Å². The van der Waals surface area contributed by atoms with Crippen LogP contribution in [-0.2, 0) is 9.59 Å². The van der Waals surface area contributed by atoms with Crippen molar-refractivity contribution in [1.82, 2.24) is 5.43 Å². The summed E-state index contributed by atoms with van der Waals surface area (Å²) in [5.74, 6) is -0.926. The molecule has 0 spiro atoms. The number of amides is 2. The van der Waals surface area contributed by atoms with Gasteiger partial charge in [0.05, 0.1) is 5.71 Å². The third-order valence-electron chi connectivity index (χ3n) is 3.61. The van der Waals surface area contributed by atoms with Gasteiger partial charge in [-0.15, -0.1) is 0 Å². The van der Waals surface area contributed by atoms with Crippen LogP contribution in [0.15, 0.2) is 53.6 Å². The molecule has 0 saturated carbocycles. The zero-order valence-electron chi connectivity index (χ0n) is 14.2. The third kappa shape index (κ3) is 5.84. The van der Waals surface area contributed by atoms with Crippen LogP contribution < -0.4 is 10.7 Å². The van der Waals surface area contributed by atoms with E-state index in [0.717, 1.165) is 11.3 Å². The predicted molar refractivity (Wildman–Crippen MR) is 95.8 cm³/mol. The molecule has 0 aliphatic rings. The van der Waals surface area contributed by atoms with Gasteiger partial charge in [-0.3, -0.25) is 9.59 Å². The summed E-state index contributed by atoms with van der Waals surface area (Å²) in [6, 6.07) is 13.2. The predicted octanol–water partition coefficient (Wildman–Crippen LogP) is 3.39. The zero-order chi connectivity index (χ0) is 18.2. The number of hydrogen-bond donors (Lipinski definition) is 2. The quantitative estimate of drug-likeness (QED) is 0.624. The van der Waals surface area contributed by atoms with Gasteiger partial charge < -0.3 is 5.32 Å². The first-order chi connectivity index (χ1) is 12.0. The van der Waals surface area contributed by atoms with Gasteiger partial charge in [0.15, 0.2) is 0 Å². The van der Waals surface area contributed by atoms with Crippen molar-refractivity contribution in [3.63, 3.8) is 0 Å². The van der Waals surface area contributed by atoms with Crippen LogP contribution in [0.3, 0.4) is 0 Å². The van der Waals surface area contributed by atoms with Crippen molar-refractivity contribution >= 4 is 23.2 Å². The van der Waals surface area contributed by atoms with E-state index in [2.05, 4.69) is 15.8 Å². The van der Waals surface area contributed by atoms with E-state index in [4.69, 9.17) is 0 Å². The smallest absolute Gasteiger partial charge is 0.240 e. The van der Waals surface area contributed by atoms with Gasteiger partial charge in [0, 0.05) is 18.5 Å². The number of rotatable bonds is 6. The van der Waals surface area contributed by atoms with Gasteiger partial charge in [-0.1, -0.05) is 30.3 Å². The molecule has 25 heavy (non-hydrogen) atoms. The highest BCUT2D eigenvalue weighted by Gasteiger charge is 2.08. The number of nitrogens with one attached hydrogen (secondary N) is 2. The first kappa shape index (κ1) is 18.3. The largest absolute Gasteiger partial charge is 0.326 e. The van der Waals surface area contributed by atoms with Crippen LogP contribution in [0.5, 0.6) is 0 Å². The Morgan fingerprint density at radius 3 is 2.32 bits per heavy atom. The fourth-order valence-corrected chi connectivity index (χ4v) is 2.11. The molecule has 0 radical (unpaired) electrons. The van der Waals surface area contributed by atoms with E-state index in [-0.39, 0.29) is 30.5 Å². The standard InChI is InChI=1S/C19H20FN3O2/c1-13-5-3-4-6-17(13)21-18(24)11-12-19(25)23-22-14(2)15-7-9-16(20)10-8-15/h3-10H,11-12H2,1-2H3,(H,21,24)(H,23,25)/b22-14+. The molecule has 0 fully saturated rings. The van der Waals surface area contributed by atoms with Crippen LogP contribution in [0, 0.1) is 12.7 Å². The lowest BCUT2D eigenvalue weighted by Gasteiger charge is -2.07. The summed E-state index contributed by atoms with van der Waals surface area (Å²) >= 11 is 0. The molecule has 0 unspecified atom stereocenters. The fourth-order valence-electron chi connectivity index (χ4n) is 2.11. The monoisotopic (exact) mass is 341 g/mol. The number of benzene rings is 2. The van der Waals surface area contributed by atoms with Crippen molar-refractivity contribution < 1.29 is 14.0 Å². The minimum Gasteiger partial charge on any atom is -0.326 e. The highest BCUT2D eigenvalue weighted by molar-refractivity contribution is 5.99. The third-order valence-corrected chi connectivity index (χ3v) is 3.61. The van der Waals surface area contributed by atoms with Gasteiger partial charge in [0.25, 0.3) is 0 Å². The van der Waals surface area contributed by atoms with E-state index in [1.54, 1.807) is 19.1 Å². The number of carbonyl (C=O) groups excluding carboxylic acids is 2. The summed E-state index contributed by atoms with van der Waals surface area (Å²) in [6.45, 7) is 3.60. The van der Waals surface area contributed by atoms with E-state index in [0.29, 0.717) is 11.3 Å². The number of nitrogens with zero attached hydrogens (tertiary/aromatic N) is 1. The number of anilines is 1. The van der Waals surface area contributed by atoms with E-state index in [1.165, 1.54) is 12.1 Å². The van der Waals surface area contributed by atoms with Crippen LogP contribution in [0.4, 0.5) is 10.1 Å². The maximum absolute atomic E-state index is 12.9. The molecule has 0 aliphatic carbocycles. The molecule has 0 saturated heterocycles. The van der Waals surface area contributed by atoms with Crippen LogP contribution >= 0.6 is 0 Å². The van der Waals surface area contributed by atoms with E-state index in [1.807, 2.05) is 31.2 Å². The molecular formula is C19H20FN3O2. The van der Waals surface area contributed by atoms with E-state index < -0.39 is 0 Å². The molecule has 0 atom stereocenters. The van der Waals surface area contributed by atoms with Crippen molar-refractivity contribution in [1.29, 1.82) is 0 Å². The minimum absolute atomic E-state index is 0.0257. The number of halogens is 1. The van der Waals surface area contributed by atoms with Crippen molar-refractivity contribution in [3.05, 3.63) is 65.5 Å². The molecule has 0 aliphatic heterocycles. The Balaban J connectivity index is 1.80. The molecule has 0 aromatic heterocycles. The Bertz CT molecular complexity index is 786. The van der Waals surface area contributed by atoms with Gasteiger partial charge >= 0.3 is 0 Å². The summed E-state index contributed by atoms with van der Waals surface area (Å²) in [5.41, 5.74) is 5.35. The molecular weight excluding hydrogens is 321 g/mol. The van der Waals surface area contributed by atoms with Crippen molar-refractivity contribution in [3.8, 4) is 0 Å². The summed E-state index contributed by atoms with van der Waals surface area (Å²) in [7, 11) is 0. The van der Waals surface area contributed by atoms with Crippen LogP contribution in [0.25, 0.3) is 0 Å². The summed E-state index contributed by atoms with van der Waals surface area (Å²) in [6.07, 6.45) is 0.0865. The maximum atomic E-state index is 12.9. The topological polar surface area (TPSA) is 70.6 Å². The molecule has 2 rings (SSSR count). The Hall–Kier alpha value is -3.02. The normalized spacial score (nSPS) is 11.1. The lowest BCUT2D eigenvalue weighted by Crippen LogP contribution is -2.22. The van der Waals surface area contributed by atoms with Crippen molar-refractivity contribution in [2.45, 2.75) is 26.7 Å². The number of hydrazone groups is 1. The van der Waals surface area contributed by atoms with Crippen LogP contribution in [-0.4, -0.2) is 17.5 Å². The van der Waals surface area contributed by atoms with Crippen LogP contribution in [0.1, 0.15) is 30.9 Å². The van der Waals surface area contributed by atoms with E-state index >= 15 is 0 Å². The number of para-hydroxylation sites is 1. The second-order valence-corrected chi connectivity index (χ2v) is 5.60. The van der Waals surface area contributed by atoms with Gasteiger partial charge in [-0.05, 0) is 43.2 Å². The van der Waals surface area contributed by atoms with Crippen LogP contribution in [0.2, 0.25) is 0 Å². The molecule has 2 aromatic rings. The molecule has 6 heteroatoms. The van der Waals surface area contributed by atoms with E-state index in [9.17, 15) is 14.0 Å². The lowest BCUT2D eigenvalue weighted by molar-refractivity contribution is -0.124. The number of hydrogen-bond acceptors (Lipinski definition) is 3. The lowest BCUT2D eigenvalue weighted by atomic mass is 10.1. The Morgan fingerprint density at radius 2 is 1.64 bits per heavy atom. The molecule has 0 heterocycles. The maximum Gasteiger partial charge on any atom is 0.240 e. The molecule has 2 N–H and O–H groups in total. The summed E-state index contributed by atoms with van der Waals surface area (Å²) in [4.78, 5) is 23.7. The SMILES string of the molecule is C/C(=N\NC(=O)CCC(=O)Nc1ccccc1C)c1ccc(F)cc1.